The van der Waals surface area contributed by atoms with Crippen molar-refractivity contribution in [2.45, 2.75) is 83.1 Å². The average Bonchev–Trinajstić information content (AvgIpc) is 2.99. The van der Waals surface area contributed by atoms with Gasteiger partial charge in [-0.25, -0.2) is 0 Å². The zero-order chi connectivity index (χ0) is 20.5. The highest BCUT2D eigenvalue weighted by molar-refractivity contribution is 6.05. The lowest BCUT2D eigenvalue weighted by Gasteiger charge is -2.34. The molecule has 3 aliphatic rings. The summed E-state index contributed by atoms with van der Waals surface area (Å²) in [6.07, 6.45) is 5.25. The molecule has 156 valence electrons. The van der Waals surface area contributed by atoms with Gasteiger partial charge in [0.2, 0.25) is 11.8 Å². The highest BCUT2D eigenvalue weighted by Gasteiger charge is 2.39. The maximum atomic E-state index is 12.8. The number of piperidine rings is 1. The molecule has 4 rings (SSSR count). The lowest BCUT2D eigenvalue weighted by Crippen LogP contribution is -2.52. The van der Waals surface area contributed by atoms with Crippen LogP contribution in [0.15, 0.2) is 18.2 Å². The van der Waals surface area contributed by atoms with Gasteiger partial charge in [0.25, 0.3) is 5.91 Å². The monoisotopic (exact) mass is 399 g/mol. The predicted molar refractivity (Wildman–Crippen MR) is 107 cm³/mol. The number of carbonyl (C=O) groups is 3. The summed E-state index contributed by atoms with van der Waals surface area (Å²) in [4.78, 5) is 38.0. The van der Waals surface area contributed by atoms with Crippen LogP contribution in [0.25, 0.3) is 0 Å². The van der Waals surface area contributed by atoms with Crippen LogP contribution in [0.1, 0.15) is 68.3 Å². The number of fused-ring (bicyclic) bond motifs is 1. The summed E-state index contributed by atoms with van der Waals surface area (Å²) in [5.74, 6) is -0.0472. The molecule has 1 saturated heterocycles. The minimum Gasteiger partial charge on any atom is -0.489 e. The van der Waals surface area contributed by atoms with Crippen molar-refractivity contribution in [2.24, 2.45) is 0 Å². The van der Waals surface area contributed by atoms with E-state index in [0.717, 1.165) is 30.6 Å². The summed E-state index contributed by atoms with van der Waals surface area (Å²) in [6, 6.07) is 5.73. The zero-order valence-corrected chi connectivity index (χ0v) is 17.1. The molecule has 7 nitrogen and oxygen atoms in total. The molecule has 2 fully saturated rings. The molecular formula is C22H29N3O4. The van der Waals surface area contributed by atoms with Crippen molar-refractivity contribution in [3.05, 3.63) is 29.3 Å². The topological polar surface area (TPSA) is 87.7 Å². The standard InChI is InChI=1S/C22H29N3O4/c1-13(2)23-17-5-3-4-6-19(17)29-15-7-8-16-14(11-15)12-25(22(16)28)18-9-10-20(26)24-21(18)27/h7-8,11,13,17-19,23H,3-6,9-10,12H2,1-2H3,(H,24,26,27). The molecule has 1 aliphatic carbocycles. The van der Waals surface area contributed by atoms with E-state index in [-0.39, 0.29) is 30.2 Å². The van der Waals surface area contributed by atoms with Gasteiger partial charge < -0.3 is 15.0 Å². The van der Waals surface area contributed by atoms with Crippen LogP contribution in [0.5, 0.6) is 5.75 Å². The van der Waals surface area contributed by atoms with E-state index >= 15 is 0 Å². The van der Waals surface area contributed by atoms with Gasteiger partial charge in [0.1, 0.15) is 17.9 Å². The van der Waals surface area contributed by atoms with Gasteiger partial charge in [0.05, 0.1) is 0 Å². The normalized spacial score (nSPS) is 27.2. The van der Waals surface area contributed by atoms with Gasteiger partial charge in [-0.1, -0.05) is 20.3 Å². The maximum Gasteiger partial charge on any atom is 0.255 e. The number of imide groups is 1. The molecule has 0 radical (unpaired) electrons. The molecule has 0 aromatic heterocycles. The van der Waals surface area contributed by atoms with E-state index in [9.17, 15) is 14.4 Å². The molecule has 1 aromatic carbocycles. The van der Waals surface area contributed by atoms with E-state index in [1.165, 1.54) is 6.42 Å². The molecule has 2 heterocycles. The van der Waals surface area contributed by atoms with E-state index in [2.05, 4.69) is 24.5 Å². The third kappa shape index (κ3) is 4.15. The first-order valence-corrected chi connectivity index (χ1v) is 10.6. The van der Waals surface area contributed by atoms with Crippen LogP contribution >= 0.6 is 0 Å². The van der Waals surface area contributed by atoms with Crippen LogP contribution in [0, 0.1) is 0 Å². The highest BCUT2D eigenvalue weighted by Crippen LogP contribution is 2.32. The number of rotatable bonds is 5. The van der Waals surface area contributed by atoms with E-state index in [0.29, 0.717) is 30.6 Å². The Balaban J connectivity index is 1.47. The molecule has 1 saturated carbocycles. The van der Waals surface area contributed by atoms with Crippen LogP contribution in [0.3, 0.4) is 0 Å². The van der Waals surface area contributed by atoms with E-state index in [1.807, 2.05) is 12.1 Å². The van der Waals surface area contributed by atoms with Crippen molar-refractivity contribution in [1.82, 2.24) is 15.5 Å². The fourth-order valence-electron chi connectivity index (χ4n) is 4.66. The summed E-state index contributed by atoms with van der Waals surface area (Å²) in [5.41, 5.74) is 1.49. The van der Waals surface area contributed by atoms with E-state index < -0.39 is 6.04 Å². The molecule has 3 atom stereocenters. The first-order valence-electron chi connectivity index (χ1n) is 10.6. The van der Waals surface area contributed by atoms with Crippen molar-refractivity contribution < 1.29 is 19.1 Å². The second kappa shape index (κ2) is 8.14. The third-order valence-corrected chi connectivity index (χ3v) is 6.03. The first kappa shape index (κ1) is 19.9. The zero-order valence-electron chi connectivity index (χ0n) is 17.1. The molecule has 29 heavy (non-hydrogen) atoms. The molecule has 2 N–H and O–H groups in total. The lowest BCUT2D eigenvalue weighted by atomic mass is 9.92. The van der Waals surface area contributed by atoms with Crippen LogP contribution in [-0.4, -0.2) is 46.9 Å². The fourth-order valence-corrected chi connectivity index (χ4v) is 4.66. The maximum absolute atomic E-state index is 12.8. The number of hydrogen-bond donors (Lipinski definition) is 2. The Morgan fingerprint density at radius 3 is 2.69 bits per heavy atom. The molecule has 7 heteroatoms. The van der Waals surface area contributed by atoms with Gasteiger partial charge in [0, 0.05) is 30.6 Å². The van der Waals surface area contributed by atoms with Crippen molar-refractivity contribution in [3.8, 4) is 5.75 Å². The Hall–Kier alpha value is -2.41. The highest BCUT2D eigenvalue weighted by atomic mass is 16.5. The van der Waals surface area contributed by atoms with Gasteiger partial charge in [-0.2, -0.15) is 0 Å². The van der Waals surface area contributed by atoms with Gasteiger partial charge in [-0.05, 0) is 49.4 Å². The number of carbonyl (C=O) groups excluding carboxylic acids is 3. The van der Waals surface area contributed by atoms with Crippen molar-refractivity contribution in [1.29, 1.82) is 0 Å². The van der Waals surface area contributed by atoms with Crippen molar-refractivity contribution in [2.75, 3.05) is 0 Å². The SMILES string of the molecule is CC(C)NC1CCCCC1Oc1ccc2c(c1)CN(C1CCC(=O)NC1=O)C2=O. The number of benzene rings is 1. The van der Waals surface area contributed by atoms with Crippen LogP contribution in [0.2, 0.25) is 0 Å². The Kier molecular flexibility index (Phi) is 5.58. The number of nitrogens with one attached hydrogen (secondary N) is 2. The number of hydrogen-bond acceptors (Lipinski definition) is 5. The molecule has 0 spiro atoms. The molecule has 3 amide bonds. The lowest BCUT2D eigenvalue weighted by molar-refractivity contribution is -0.136. The Bertz CT molecular complexity index is 822. The third-order valence-electron chi connectivity index (χ3n) is 6.03. The van der Waals surface area contributed by atoms with Gasteiger partial charge in [-0.3, -0.25) is 19.7 Å². The van der Waals surface area contributed by atoms with Gasteiger partial charge >= 0.3 is 0 Å². The summed E-state index contributed by atoms with van der Waals surface area (Å²) in [7, 11) is 0. The molecular weight excluding hydrogens is 370 g/mol. The molecule has 0 bridgehead atoms. The van der Waals surface area contributed by atoms with Crippen molar-refractivity contribution >= 4 is 17.7 Å². The fraction of sp³-hybridized carbons (Fsp3) is 0.591. The summed E-state index contributed by atoms with van der Waals surface area (Å²) in [6.45, 7) is 4.67. The number of nitrogens with zero attached hydrogens (tertiary/aromatic N) is 1. The number of ether oxygens (including phenoxy) is 1. The molecule has 1 aromatic rings. The second-order valence-electron chi connectivity index (χ2n) is 8.59. The Morgan fingerprint density at radius 2 is 1.93 bits per heavy atom. The average molecular weight is 399 g/mol. The molecule has 3 unspecified atom stereocenters. The van der Waals surface area contributed by atoms with Crippen LogP contribution in [-0.2, 0) is 16.1 Å². The summed E-state index contributed by atoms with van der Waals surface area (Å²) < 4.78 is 6.33. The van der Waals surface area contributed by atoms with E-state index in [1.54, 1.807) is 11.0 Å². The summed E-state index contributed by atoms with van der Waals surface area (Å²) >= 11 is 0. The quantitative estimate of drug-likeness (QED) is 0.741. The first-order chi connectivity index (χ1) is 13.9. The number of amides is 3. The van der Waals surface area contributed by atoms with Crippen LogP contribution < -0.4 is 15.4 Å². The molecule has 2 aliphatic heterocycles. The summed E-state index contributed by atoms with van der Waals surface area (Å²) in [5, 5.41) is 5.95. The Labute approximate surface area is 171 Å². The predicted octanol–water partition coefficient (Wildman–Crippen LogP) is 2.14. The van der Waals surface area contributed by atoms with Gasteiger partial charge in [0.15, 0.2) is 0 Å². The smallest absolute Gasteiger partial charge is 0.255 e. The Morgan fingerprint density at radius 1 is 1.14 bits per heavy atom. The van der Waals surface area contributed by atoms with Crippen molar-refractivity contribution in [3.63, 3.8) is 0 Å². The van der Waals surface area contributed by atoms with Crippen LogP contribution in [0.4, 0.5) is 0 Å². The second-order valence-corrected chi connectivity index (χ2v) is 8.59. The van der Waals surface area contributed by atoms with Gasteiger partial charge in [-0.15, -0.1) is 0 Å². The largest absolute Gasteiger partial charge is 0.489 e. The minimum absolute atomic E-state index is 0.118. The minimum atomic E-state index is -0.588. The van der Waals surface area contributed by atoms with E-state index in [4.69, 9.17) is 4.74 Å².